The van der Waals surface area contributed by atoms with Gasteiger partial charge in [-0.25, -0.2) is 0 Å². The van der Waals surface area contributed by atoms with E-state index in [4.69, 9.17) is 22.6 Å². The number of nitrogens with zero attached hydrogens (tertiary/aromatic N) is 5. The van der Waals surface area contributed by atoms with Crippen LogP contribution in [0.15, 0.2) is 65.2 Å². The van der Waals surface area contributed by atoms with Gasteiger partial charge < -0.3 is 5.73 Å². The van der Waals surface area contributed by atoms with E-state index >= 15 is 0 Å². The molecule has 0 saturated carbocycles. The predicted molar refractivity (Wildman–Crippen MR) is 108 cm³/mol. The van der Waals surface area contributed by atoms with Gasteiger partial charge in [0.2, 0.25) is 0 Å². The zero-order valence-electron chi connectivity index (χ0n) is 14.8. The number of halogens is 1. The third-order valence-corrected chi connectivity index (χ3v) is 4.95. The smallest absolute Gasteiger partial charge is 0.196 e. The Hall–Kier alpha value is -3.15. The molecule has 9 heteroatoms. The van der Waals surface area contributed by atoms with Crippen LogP contribution in [0.3, 0.4) is 0 Å². The van der Waals surface area contributed by atoms with Gasteiger partial charge in [0.15, 0.2) is 16.8 Å². The van der Waals surface area contributed by atoms with Gasteiger partial charge in [-0.3, -0.25) is 14.3 Å². The number of nitrogens with two attached hydrogens (primary N) is 1. The van der Waals surface area contributed by atoms with E-state index in [2.05, 4.69) is 15.2 Å². The monoisotopic (exact) mass is 410 g/mol. The first kappa shape index (κ1) is 19.6. The molecule has 0 aliphatic heterocycles. The van der Waals surface area contributed by atoms with Gasteiger partial charge in [0.25, 0.3) is 0 Å². The number of carbonyl (C=O) groups is 1. The van der Waals surface area contributed by atoms with Crippen LogP contribution in [-0.2, 0) is 4.79 Å². The number of thioether (sulfide) groups is 1. The molecular weight excluding hydrogens is 396 g/mol. The van der Waals surface area contributed by atoms with Crippen molar-refractivity contribution in [3.8, 4) is 23.1 Å². The molecule has 0 amide bonds. The SMILES string of the molecule is C/C(N)=C(/C#N)C(=O)CSc1nnc(-c2ccncc2)n1-c1ccc(Cl)cc1. The maximum absolute atomic E-state index is 12.3. The Morgan fingerprint density at radius 1 is 1.21 bits per heavy atom. The molecule has 2 heterocycles. The van der Waals surface area contributed by atoms with E-state index in [-0.39, 0.29) is 22.8 Å². The standard InChI is InChI=1S/C19H15ClN6OS/c1-12(22)16(10-21)17(27)11-28-19-25-24-18(13-6-8-23-9-7-13)26(19)15-4-2-14(20)3-5-15/h2-9H,11,22H2,1H3/b16-12+. The number of allylic oxidation sites excluding steroid dienone is 2. The van der Waals surface area contributed by atoms with Crippen LogP contribution in [0, 0.1) is 11.3 Å². The lowest BCUT2D eigenvalue weighted by atomic mass is 10.2. The van der Waals surface area contributed by atoms with Crippen LogP contribution >= 0.6 is 23.4 Å². The second-order valence-corrected chi connectivity index (χ2v) is 7.11. The molecule has 7 nitrogen and oxygen atoms in total. The summed E-state index contributed by atoms with van der Waals surface area (Å²) in [6, 6.07) is 12.7. The van der Waals surface area contributed by atoms with Crippen LogP contribution in [0.1, 0.15) is 6.92 Å². The van der Waals surface area contributed by atoms with Gasteiger partial charge in [-0.15, -0.1) is 10.2 Å². The summed E-state index contributed by atoms with van der Waals surface area (Å²) in [5.74, 6) is 0.258. The number of nitriles is 1. The molecular formula is C19H15ClN6OS. The fraction of sp³-hybridized carbons (Fsp3) is 0.105. The number of carbonyl (C=O) groups excluding carboxylic acids is 1. The summed E-state index contributed by atoms with van der Waals surface area (Å²) in [7, 11) is 0. The molecule has 3 rings (SSSR count). The van der Waals surface area contributed by atoms with Crippen molar-refractivity contribution in [1.29, 1.82) is 5.26 Å². The molecule has 0 fully saturated rings. The molecule has 0 aliphatic rings. The summed E-state index contributed by atoms with van der Waals surface area (Å²) in [6.45, 7) is 1.53. The van der Waals surface area contributed by atoms with Gasteiger partial charge in [-0.05, 0) is 43.3 Å². The predicted octanol–water partition coefficient (Wildman–Crippen LogP) is 3.40. The quantitative estimate of drug-likeness (QED) is 0.376. The molecule has 28 heavy (non-hydrogen) atoms. The first-order chi connectivity index (χ1) is 13.5. The van der Waals surface area contributed by atoms with Crippen molar-refractivity contribution in [3.63, 3.8) is 0 Å². The number of hydrogen-bond donors (Lipinski definition) is 1. The fourth-order valence-corrected chi connectivity index (χ4v) is 3.40. The second-order valence-electron chi connectivity index (χ2n) is 5.74. The van der Waals surface area contributed by atoms with E-state index in [9.17, 15) is 4.79 Å². The van der Waals surface area contributed by atoms with Crippen molar-refractivity contribution in [3.05, 3.63) is 65.1 Å². The Labute approximate surface area is 170 Å². The highest BCUT2D eigenvalue weighted by Gasteiger charge is 2.19. The van der Waals surface area contributed by atoms with Crippen molar-refractivity contribution in [1.82, 2.24) is 19.7 Å². The van der Waals surface area contributed by atoms with E-state index in [1.807, 2.05) is 34.9 Å². The fourth-order valence-electron chi connectivity index (χ4n) is 2.45. The third kappa shape index (κ3) is 4.22. The molecule has 0 radical (unpaired) electrons. The lowest BCUT2D eigenvalue weighted by Crippen LogP contribution is -2.11. The molecule has 1 aromatic carbocycles. The zero-order valence-corrected chi connectivity index (χ0v) is 16.4. The summed E-state index contributed by atoms with van der Waals surface area (Å²) in [5.41, 5.74) is 7.38. The minimum atomic E-state index is -0.358. The van der Waals surface area contributed by atoms with Gasteiger partial charge in [0, 0.05) is 34.4 Å². The second kappa shape index (κ2) is 8.69. The first-order valence-electron chi connectivity index (χ1n) is 8.15. The Morgan fingerprint density at radius 2 is 1.89 bits per heavy atom. The van der Waals surface area contributed by atoms with Crippen LogP contribution in [0.2, 0.25) is 5.02 Å². The molecule has 2 N–H and O–H groups in total. The van der Waals surface area contributed by atoms with Crippen molar-refractivity contribution in [2.75, 3.05) is 5.75 Å². The lowest BCUT2D eigenvalue weighted by Gasteiger charge is -2.10. The van der Waals surface area contributed by atoms with Crippen molar-refractivity contribution in [2.24, 2.45) is 5.73 Å². The number of rotatable bonds is 6. The summed E-state index contributed by atoms with van der Waals surface area (Å²) >= 11 is 7.19. The van der Waals surface area contributed by atoms with Crippen molar-refractivity contribution in [2.45, 2.75) is 12.1 Å². The van der Waals surface area contributed by atoms with E-state index in [0.717, 1.165) is 11.3 Å². The summed E-state index contributed by atoms with van der Waals surface area (Å²) in [5, 5.41) is 18.7. The largest absolute Gasteiger partial charge is 0.401 e. The molecule has 0 aliphatic carbocycles. The normalized spacial score (nSPS) is 11.6. The van der Waals surface area contributed by atoms with Gasteiger partial charge in [0.1, 0.15) is 11.6 Å². The Kier molecular flexibility index (Phi) is 6.09. The maximum atomic E-state index is 12.3. The first-order valence-corrected chi connectivity index (χ1v) is 9.52. The van der Waals surface area contributed by atoms with E-state index in [1.54, 1.807) is 24.5 Å². The van der Waals surface area contributed by atoms with Gasteiger partial charge >= 0.3 is 0 Å². The highest BCUT2D eigenvalue weighted by molar-refractivity contribution is 7.99. The summed E-state index contributed by atoms with van der Waals surface area (Å²) in [6.07, 6.45) is 3.33. The van der Waals surface area contributed by atoms with Crippen LogP contribution < -0.4 is 5.73 Å². The minimum absolute atomic E-state index is 0.0134. The van der Waals surface area contributed by atoms with Crippen LogP contribution in [0.4, 0.5) is 0 Å². The number of pyridine rings is 1. The third-order valence-electron chi connectivity index (χ3n) is 3.77. The number of benzene rings is 1. The number of aromatic nitrogens is 4. The van der Waals surface area contributed by atoms with Crippen LogP contribution in [-0.4, -0.2) is 31.3 Å². The molecule has 0 spiro atoms. The lowest BCUT2D eigenvalue weighted by molar-refractivity contribution is -0.112. The summed E-state index contributed by atoms with van der Waals surface area (Å²) < 4.78 is 1.83. The topological polar surface area (TPSA) is 110 Å². The minimum Gasteiger partial charge on any atom is -0.401 e. The molecule has 0 bridgehead atoms. The maximum Gasteiger partial charge on any atom is 0.196 e. The number of ketones is 1. The molecule has 0 saturated heterocycles. The highest BCUT2D eigenvalue weighted by Crippen LogP contribution is 2.28. The number of Topliss-reactive ketones (excluding diaryl/α,β-unsaturated/α-hetero) is 1. The van der Waals surface area contributed by atoms with Crippen LogP contribution in [0.25, 0.3) is 17.1 Å². The average Bonchev–Trinajstić information content (AvgIpc) is 3.12. The summed E-state index contributed by atoms with van der Waals surface area (Å²) in [4.78, 5) is 16.3. The van der Waals surface area contributed by atoms with Gasteiger partial charge in [0.05, 0.1) is 5.75 Å². The van der Waals surface area contributed by atoms with Crippen LogP contribution in [0.5, 0.6) is 0 Å². The Balaban J connectivity index is 1.99. The average molecular weight is 411 g/mol. The molecule has 3 aromatic rings. The Morgan fingerprint density at radius 3 is 2.50 bits per heavy atom. The van der Waals surface area contributed by atoms with E-state index < -0.39 is 0 Å². The molecule has 2 aromatic heterocycles. The Bertz CT molecular complexity index is 1070. The van der Waals surface area contributed by atoms with Gasteiger partial charge in [-0.1, -0.05) is 23.4 Å². The van der Waals surface area contributed by atoms with Crippen molar-refractivity contribution >= 4 is 29.1 Å². The van der Waals surface area contributed by atoms with Crippen molar-refractivity contribution < 1.29 is 4.79 Å². The number of hydrogen-bond acceptors (Lipinski definition) is 7. The van der Waals surface area contributed by atoms with E-state index in [1.165, 1.54) is 18.7 Å². The zero-order chi connectivity index (χ0) is 20.1. The molecule has 0 unspecified atom stereocenters. The highest BCUT2D eigenvalue weighted by atomic mass is 35.5. The van der Waals surface area contributed by atoms with Gasteiger partial charge in [-0.2, -0.15) is 5.26 Å². The molecule has 0 atom stereocenters. The molecule has 140 valence electrons. The van der Waals surface area contributed by atoms with E-state index in [0.29, 0.717) is 16.0 Å².